The maximum atomic E-state index is 10.8. The van der Waals surface area contributed by atoms with Crippen molar-refractivity contribution in [1.82, 2.24) is 0 Å². The molecule has 0 atom stereocenters. The van der Waals surface area contributed by atoms with Crippen molar-refractivity contribution in [3.8, 4) is 0 Å². The number of rotatable bonds is 6. The molecule has 0 aliphatic rings. The lowest BCUT2D eigenvalue weighted by atomic mass is 10.0. The monoisotopic (exact) mass is 309 g/mol. The lowest BCUT2D eigenvalue weighted by Crippen LogP contribution is -2.33. The van der Waals surface area contributed by atoms with Crippen LogP contribution < -0.4 is 5.32 Å². The molecule has 1 rings (SSSR count). The molecule has 0 saturated heterocycles. The van der Waals surface area contributed by atoms with Gasteiger partial charge in [0.2, 0.25) is 0 Å². The van der Waals surface area contributed by atoms with Crippen molar-refractivity contribution in [2.24, 2.45) is 0 Å². The Morgan fingerprint density at radius 2 is 1.59 bits per heavy atom. The minimum Gasteiger partial charge on any atom is -0.478 e. The van der Waals surface area contributed by atoms with Crippen molar-refractivity contribution >= 4 is 11.7 Å². The highest BCUT2D eigenvalue weighted by molar-refractivity contribution is 5.88. The molecule has 0 heterocycles. The second-order valence-electron chi connectivity index (χ2n) is 6.60. The average Bonchev–Trinajstić information content (AvgIpc) is 2.39. The Kier molecular flexibility index (Phi) is 8.17. The molecule has 4 heteroatoms. The molecule has 0 aliphatic carbocycles. The van der Waals surface area contributed by atoms with E-state index >= 15 is 0 Å². The molecular weight excluding hydrogens is 278 g/mol. The number of carboxylic acids is 1. The number of carbonyl (C=O) groups is 1. The van der Waals surface area contributed by atoms with Gasteiger partial charge in [-0.05, 0) is 65.3 Å². The first-order valence-corrected chi connectivity index (χ1v) is 7.85. The quantitative estimate of drug-likeness (QED) is 0.792. The zero-order valence-corrected chi connectivity index (χ0v) is 15.0. The van der Waals surface area contributed by atoms with Gasteiger partial charge in [-0.2, -0.15) is 0 Å². The van der Waals surface area contributed by atoms with E-state index in [4.69, 9.17) is 9.84 Å². The first-order chi connectivity index (χ1) is 10.1. The second-order valence-corrected chi connectivity index (χ2v) is 6.60. The normalized spacial score (nSPS) is 11.4. The summed E-state index contributed by atoms with van der Waals surface area (Å²) in [4.78, 5) is 10.8. The molecule has 0 aromatic heterocycles. The third kappa shape index (κ3) is 8.67. The summed E-state index contributed by atoms with van der Waals surface area (Å²) in [7, 11) is 0. The van der Waals surface area contributed by atoms with Crippen LogP contribution in [0.15, 0.2) is 24.3 Å². The summed E-state index contributed by atoms with van der Waals surface area (Å²) in [5.41, 5.74) is 0.968. The minimum absolute atomic E-state index is 0.115. The third-order valence-electron chi connectivity index (χ3n) is 2.88. The molecule has 0 amide bonds. The molecule has 22 heavy (non-hydrogen) atoms. The van der Waals surface area contributed by atoms with Crippen LogP contribution in [0.4, 0.5) is 5.69 Å². The van der Waals surface area contributed by atoms with Gasteiger partial charge in [0.1, 0.15) is 0 Å². The Labute approximate surface area is 134 Å². The summed E-state index contributed by atoms with van der Waals surface area (Å²) in [5, 5.41) is 12.3. The van der Waals surface area contributed by atoms with Gasteiger partial charge in [-0.1, -0.05) is 13.8 Å². The second kappa shape index (κ2) is 8.79. The number of nitrogens with one attached hydrogen (secondary N) is 1. The molecule has 0 bridgehead atoms. The van der Waals surface area contributed by atoms with E-state index in [2.05, 4.69) is 19.2 Å². The van der Waals surface area contributed by atoms with Gasteiger partial charge < -0.3 is 15.2 Å². The van der Waals surface area contributed by atoms with Crippen LogP contribution in [0.5, 0.6) is 0 Å². The van der Waals surface area contributed by atoms with E-state index in [0.29, 0.717) is 12.2 Å². The Balaban J connectivity index is 0.00000211. The van der Waals surface area contributed by atoms with Crippen LogP contribution in [0.1, 0.15) is 65.2 Å². The van der Waals surface area contributed by atoms with E-state index in [1.807, 2.05) is 34.6 Å². The van der Waals surface area contributed by atoms with Crippen molar-refractivity contribution in [2.45, 2.75) is 66.0 Å². The average molecular weight is 309 g/mol. The Morgan fingerprint density at radius 1 is 1.09 bits per heavy atom. The summed E-state index contributed by atoms with van der Waals surface area (Å²) in [6.07, 6.45) is 0.866. The molecule has 126 valence electrons. The Hall–Kier alpha value is -1.55. The molecule has 0 saturated carbocycles. The highest BCUT2D eigenvalue weighted by Gasteiger charge is 2.19. The molecule has 0 unspecified atom stereocenters. The Morgan fingerprint density at radius 3 is 2.00 bits per heavy atom. The van der Waals surface area contributed by atoms with Crippen molar-refractivity contribution in [3.05, 3.63) is 29.8 Å². The van der Waals surface area contributed by atoms with Gasteiger partial charge in [0.05, 0.1) is 11.2 Å². The topological polar surface area (TPSA) is 58.6 Å². The van der Waals surface area contributed by atoms with Gasteiger partial charge in [0.25, 0.3) is 0 Å². The van der Waals surface area contributed by atoms with Crippen LogP contribution in [0, 0.1) is 0 Å². The van der Waals surface area contributed by atoms with Gasteiger partial charge >= 0.3 is 5.97 Å². The summed E-state index contributed by atoms with van der Waals surface area (Å²) in [5.74, 6) is -0.908. The number of anilines is 1. The predicted molar refractivity (Wildman–Crippen MR) is 92.8 cm³/mol. The number of carboxylic acid groups (broad SMARTS) is 1. The molecule has 2 N–H and O–H groups in total. The third-order valence-corrected chi connectivity index (χ3v) is 2.88. The maximum absolute atomic E-state index is 10.8. The summed E-state index contributed by atoms with van der Waals surface area (Å²) >= 11 is 0. The highest BCUT2D eigenvalue weighted by Crippen LogP contribution is 2.20. The fourth-order valence-electron chi connectivity index (χ4n) is 1.76. The van der Waals surface area contributed by atoms with Crippen LogP contribution in [-0.2, 0) is 4.74 Å². The molecule has 0 radical (unpaired) electrons. The summed E-state index contributed by atoms with van der Waals surface area (Å²) in [6, 6.07) is 6.78. The van der Waals surface area contributed by atoms with Gasteiger partial charge in [0, 0.05) is 17.8 Å². The number of hydrogen-bond donors (Lipinski definition) is 2. The number of ether oxygens (including phenoxy) is 1. The molecule has 4 nitrogen and oxygen atoms in total. The first kappa shape index (κ1) is 20.5. The molecule has 0 aliphatic heterocycles. The number of benzene rings is 1. The number of aromatic carboxylic acids is 1. The fraction of sp³-hybridized carbons (Fsp3) is 0.611. The molecule has 1 aromatic rings. The van der Waals surface area contributed by atoms with Gasteiger partial charge in [-0.15, -0.1) is 0 Å². The van der Waals surface area contributed by atoms with Gasteiger partial charge in [0.15, 0.2) is 0 Å². The van der Waals surface area contributed by atoms with E-state index in [0.717, 1.165) is 12.1 Å². The maximum Gasteiger partial charge on any atom is 0.335 e. The SMILES string of the molecule is CC.CC(C)(CCOC(C)(C)C)Nc1ccc(C(=O)O)cc1. The van der Waals surface area contributed by atoms with Crippen molar-refractivity contribution in [2.75, 3.05) is 11.9 Å². The van der Waals surface area contributed by atoms with E-state index in [1.165, 1.54) is 0 Å². The minimum atomic E-state index is -0.908. The number of hydrogen-bond acceptors (Lipinski definition) is 3. The Bertz CT molecular complexity index is 444. The summed E-state index contributed by atoms with van der Waals surface area (Å²) in [6.45, 7) is 15.0. The summed E-state index contributed by atoms with van der Waals surface area (Å²) < 4.78 is 5.74. The fourth-order valence-corrected chi connectivity index (χ4v) is 1.76. The smallest absolute Gasteiger partial charge is 0.335 e. The predicted octanol–water partition coefficient (Wildman–Crippen LogP) is 4.81. The van der Waals surface area contributed by atoms with Crippen LogP contribution in [0.3, 0.4) is 0 Å². The standard InChI is InChI=1S/C16H25NO3.C2H6/c1-15(2,3)20-11-10-16(4,5)17-13-8-6-12(7-9-13)14(18)19;1-2/h6-9,17H,10-11H2,1-5H3,(H,18,19);1-2H3. The van der Waals surface area contributed by atoms with Crippen LogP contribution in [0.2, 0.25) is 0 Å². The van der Waals surface area contributed by atoms with Crippen molar-refractivity contribution in [3.63, 3.8) is 0 Å². The van der Waals surface area contributed by atoms with Crippen molar-refractivity contribution in [1.29, 1.82) is 0 Å². The molecule has 0 fully saturated rings. The molecule has 0 spiro atoms. The van der Waals surface area contributed by atoms with Gasteiger partial charge in [-0.25, -0.2) is 4.79 Å². The van der Waals surface area contributed by atoms with E-state index in [9.17, 15) is 4.79 Å². The van der Waals surface area contributed by atoms with E-state index in [-0.39, 0.29) is 11.1 Å². The largest absolute Gasteiger partial charge is 0.478 e. The zero-order valence-electron chi connectivity index (χ0n) is 15.0. The molecular formula is C18H31NO3. The van der Waals surface area contributed by atoms with Crippen LogP contribution in [-0.4, -0.2) is 28.8 Å². The van der Waals surface area contributed by atoms with Gasteiger partial charge in [-0.3, -0.25) is 0 Å². The van der Waals surface area contributed by atoms with Crippen LogP contribution >= 0.6 is 0 Å². The zero-order chi connectivity index (χ0) is 17.4. The highest BCUT2D eigenvalue weighted by atomic mass is 16.5. The van der Waals surface area contributed by atoms with Crippen LogP contribution in [0.25, 0.3) is 0 Å². The van der Waals surface area contributed by atoms with E-state index in [1.54, 1.807) is 24.3 Å². The molecule has 1 aromatic carbocycles. The first-order valence-electron chi connectivity index (χ1n) is 7.85. The van der Waals surface area contributed by atoms with Crippen molar-refractivity contribution < 1.29 is 14.6 Å². The lowest BCUT2D eigenvalue weighted by Gasteiger charge is -2.29. The van der Waals surface area contributed by atoms with E-state index < -0.39 is 5.97 Å². The lowest BCUT2D eigenvalue weighted by molar-refractivity contribution is -0.00846.